The van der Waals surface area contributed by atoms with Crippen molar-refractivity contribution in [3.63, 3.8) is 0 Å². The van der Waals surface area contributed by atoms with E-state index in [9.17, 15) is 22.8 Å². The number of methoxy groups -OCH3 is 1. The van der Waals surface area contributed by atoms with Crippen molar-refractivity contribution >= 4 is 41.2 Å². The SMILES string of the molecule is CCC(=O)N=CC1CCCCC1=Nc1nc(Nc2cc(F)c(C(=O)NC3CCN(C)CC3)cc2OC)ncc1C(F)(F)F. The average molecular weight is 606 g/mol. The number of nitrogens with zero attached hydrogens (tertiary/aromatic N) is 5. The number of carbonyl (C=O) groups excluding carboxylic acids is 2. The van der Waals surface area contributed by atoms with E-state index in [0.717, 1.165) is 44.8 Å². The molecule has 1 saturated heterocycles. The van der Waals surface area contributed by atoms with E-state index in [1.807, 2.05) is 7.05 Å². The lowest BCUT2D eigenvalue weighted by Gasteiger charge is -2.29. The molecule has 0 radical (unpaired) electrons. The van der Waals surface area contributed by atoms with Crippen molar-refractivity contribution in [2.45, 2.75) is 64.1 Å². The molecule has 1 atom stereocenters. The van der Waals surface area contributed by atoms with Gasteiger partial charge in [-0.2, -0.15) is 18.2 Å². The molecule has 43 heavy (non-hydrogen) atoms. The molecular formula is C29H35F4N7O3. The number of likely N-dealkylation sites (tertiary alicyclic amines) is 1. The summed E-state index contributed by atoms with van der Waals surface area (Å²) < 4.78 is 62.1. The van der Waals surface area contributed by atoms with Gasteiger partial charge in [-0.3, -0.25) is 9.59 Å². The van der Waals surface area contributed by atoms with Crippen molar-refractivity contribution in [1.82, 2.24) is 20.2 Å². The zero-order valence-corrected chi connectivity index (χ0v) is 24.3. The van der Waals surface area contributed by atoms with Crippen LogP contribution in [0.3, 0.4) is 0 Å². The molecule has 4 rings (SSSR count). The lowest BCUT2D eigenvalue weighted by Crippen LogP contribution is -2.43. The fourth-order valence-corrected chi connectivity index (χ4v) is 4.97. The monoisotopic (exact) mass is 605 g/mol. The number of alkyl halides is 3. The summed E-state index contributed by atoms with van der Waals surface area (Å²) in [5.41, 5.74) is -0.934. The molecule has 1 aromatic heterocycles. The second-order valence-electron chi connectivity index (χ2n) is 10.6. The van der Waals surface area contributed by atoms with Crippen LogP contribution in [0.2, 0.25) is 0 Å². The number of hydrogen-bond acceptors (Lipinski definition) is 8. The van der Waals surface area contributed by atoms with Gasteiger partial charge in [-0.1, -0.05) is 13.3 Å². The van der Waals surface area contributed by atoms with Crippen molar-refractivity contribution in [1.29, 1.82) is 0 Å². The Hall–Kier alpha value is -3.94. The van der Waals surface area contributed by atoms with Gasteiger partial charge in [-0.25, -0.2) is 19.4 Å². The highest BCUT2D eigenvalue weighted by atomic mass is 19.4. The summed E-state index contributed by atoms with van der Waals surface area (Å²) in [5, 5.41) is 5.55. The maximum absolute atomic E-state index is 15.1. The number of aromatic nitrogens is 2. The Balaban J connectivity index is 1.62. The van der Waals surface area contributed by atoms with Crippen LogP contribution >= 0.6 is 0 Å². The summed E-state index contributed by atoms with van der Waals surface area (Å²) in [6.07, 6.45) is 1.48. The number of carbonyl (C=O) groups is 2. The van der Waals surface area contributed by atoms with E-state index in [1.54, 1.807) is 6.92 Å². The van der Waals surface area contributed by atoms with Crippen LogP contribution in [0.25, 0.3) is 0 Å². The third-order valence-electron chi connectivity index (χ3n) is 7.48. The van der Waals surface area contributed by atoms with E-state index in [0.29, 0.717) is 24.8 Å². The Morgan fingerprint density at radius 1 is 1.19 bits per heavy atom. The Bertz CT molecular complexity index is 1390. The number of rotatable bonds is 8. The third-order valence-corrected chi connectivity index (χ3v) is 7.48. The van der Waals surface area contributed by atoms with Crippen LogP contribution < -0.4 is 15.4 Å². The highest BCUT2D eigenvalue weighted by Gasteiger charge is 2.36. The van der Waals surface area contributed by atoms with E-state index in [-0.39, 0.29) is 41.3 Å². The number of piperidine rings is 1. The summed E-state index contributed by atoms with van der Waals surface area (Å²) in [5.74, 6) is -3.01. The Labute approximate surface area is 247 Å². The number of hydrogen-bond donors (Lipinski definition) is 2. The Morgan fingerprint density at radius 2 is 1.93 bits per heavy atom. The summed E-state index contributed by atoms with van der Waals surface area (Å²) in [6.45, 7) is 3.29. The van der Waals surface area contributed by atoms with Crippen molar-refractivity contribution in [3.8, 4) is 5.75 Å². The summed E-state index contributed by atoms with van der Waals surface area (Å²) in [4.78, 5) is 42.6. The predicted molar refractivity (Wildman–Crippen MR) is 154 cm³/mol. The van der Waals surface area contributed by atoms with Crippen LogP contribution in [0.4, 0.5) is 35.0 Å². The number of aliphatic imine (C=N–C) groups is 2. The second-order valence-corrected chi connectivity index (χ2v) is 10.6. The minimum Gasteiger partial charge on any atom is -0.495 e. The Morgan fingerprint density at radius 3 is 2.60 bits per heavy atom. The molecule has 0 spiro atoms. The van der Waals surface area contributed by atoms with E-state index in [1.165, 1.54) is 19.4 Å². The second kappa shape index (κ2) is 14.0. The van der Waals surface area contributed by atoms with E-state index in [2.05, 4.69) is 35.5 Å². The normalized spacial score (nSPS) is 19.5. The van der Waals surface area contributed by atoms with Crippen LogP contribution in [0, 0.1) is 11.7 Å². The molecule has 0 bridgehead atoms. The molecule has 2 aromatic rings. The smallest absolute Gasteiger partial charge is 0.421 e. The van der Waals surface area contributed by atoms with Gasteiger partial charge in [0.2, 0.25) is 11.9 Å². The van der Waals surface area contributed by atoms with Gasteiger partial charge in [-0.15, -0.1) is 0 Å². The standard InChI is InChI=1S/C29H35F4N7O3/c1-4-25(41)34-15-17-7-5-6-8-22(17)37-26-20(29(31,32)33)16-35-28(39-26)38-23-14-21(30)19(13-24(23)43-3)27(42)36-18-9-11-40(2)12-10-18/h13-18H,4-12H2,1-3H3,(H,36,42)(H,35,38,39). The summed E-state index contributed by atoms with van der Waals surface area (Å²) in [6, 6.07) is 2.14. The molecule has 2 fully saturated rings. The maximum atomic E-state index is 15.1. The van der Waals surface area contributed by atoms with Crippen molar-refractivity contribution in [3.05, 3.63) is 35.3 Å². The van der Waals surface area contributed by atoms with E-state index < -0.39 is 35.2 Å². The molecule has 2 N–H and O–H groups in total. The minimum atomic E-state index is -4.79. The van der Waals surface area contributed by atoms with Crippen LogP contribution in [-0.4, -0.2) is 71.9 Å². The topological polar surface area (TPSA) is 121 Å². The van der Waals surface area contributed by atoms with Gasteiger partial charge in [0.25, 0.3) is 5.91 Å². The quantitative estimate of drug-likeness (QED) is 0.302. The number of amides is 2. The minimum absolute atomic E-state index is 0.00922. The first-order valence-corrected chi connectivity index (χ1v) is 14.2. The third kappa shape index (κ3) is 8.33. The molecule has 1 aliphatic carbocycles. The molecule has 1 aliphatic heterocycles. The van der Waals surface area contributed by atoms with E-state index >= 15 is 4.39 Å². The summed E-state index contributed by atoms with van der Waals surface area (Å²) in [7, 11) is 3.31. The van der Waals surface area contributed by atoms with Gasteiger partial charge in [-0.05, 0) is 58.3 Å². The van der Waals surface area contributed by atoms with Crippen molar-refractivity contribution in [2.24, 2.45) is 15.9 Å². The van der Waals surface area contributed by atoms with Gasteiger partial charge in [0, 0.05) is 42.6 Å². The molecule has 2 aliphatic rings. The van der Waals surface area contributed by atoms with Crippen molar-refractivity contribution < 1.29 is 31.9 Å². The Kier molecular flexibility index (Phi) is 10.4. The van der Waals surface area contributed by atoms with E-state index in [4.69, 9.17) is 4.74 Å². The zero-order valence-electron chi connectivity index (χ0n) is 24.3. The lowest BCUT2D eigenvalue weighted by molar-refractivity contribution is -0.137. The first-order chi connectivity index (χ1) is 20.5. The predicted octanol–water partition coefficient (Wildman–Crippen LogP) is 5.48. The van der Waals surface area contributed by atoms with Gasteiger partial charge in [0.15, 0.2) is 5.82 Å². The molecule has 2 amide bonds. The molecular weight excluding hydrogens is 570 g/mol. The first-order valence-electron chi connectivity index (χ1n) is 14.2. The average Bonchev–Trinajstić information content (AvgIpc) is 2.97. The molecule has 1 unspecified atom stereocenters. The maximum Gasteiger partial charge on any atom is 0.421 e. The van der Waals surface area contributed by atoms with Gasteiger partial charge in [0.1, 0.15) is 17.1 Å². The molecule has 10 nitrogen and oxygen atoms in total. The zero-order chi connectivity index (χ0) is 31.1. The van der Waals surface area contributed by atoms with Crippen LogP contribution in [-0.2, 0) is 11.0 Å². The number of ether oxygens (including phenoxy) is 1. The largest absolute Gasteiger partial charge is 0.495 e. The van der Waals surface area contributed by atoms with Gasteiger partial charge >= 0.3 is 6.18 Å². The fourth-order valence-electron chi connectivity index (χ4n) is 4.97. The number of benzene rings is 1. The van der Waals surface area contributed by atoms with Gasteiger partial charge < -0.3 is 20.3 Å². The van der Waals surface area contributed by atoms with Crippen LogP contribution in [0.15, 0.2) is 28.3 Å². The molecule has 2 heterocycles. The van der Waals surface area contributed by atoms with Crippen molar-refractivity contribution in [2.75, 3.05) is 32.6 Å². The number of anilines is 2. The first kappa shape index (κ1) is 32.0. The lowest BCUT2D eigenvalue weighted by atomic mass is 9.88. The number of nitrogens with one attached hydrogen (secondary N) is 2. The van der Waals surface area contributed by atoms with Crippen LogP contribution in [0.5, 0.6) is 5.75 Å². The number of halogens is 4. The fraction of sp³-hybridized carbons (Fsp3) is 0.517. The highest BCUT2D eigenvalue weighted by molar-refractivity contribution is 6.02. The highest BCUT2D eigenvalue weighted by Crippen LogP contribution is 2.37. The molecule has 1 aromatic carbocycles. The van der Waals surface area contributed by atoms with Gasteiger partial charge in [0.05, 0.1) is 18.4 Å². The molecule has 1 saturated carbocycles. The molecule has 14 heteroatoms. The summed E-state index contributed by atoms with van der Waals surface area (Å²) >= 11 is 0. The van der Waals surface area contributed by atoms with Crippen LogP contribution in [0.1, 0.15) is 67.8 Å². The molecule has 232 valence electrons.